The van der Waals surface area contributed by atoms with Gasteiger partial charge in [-0.1, -0.05) is 20.8 Å². The van der Waals surface area contributed by atoms with Gasteiger partial charge in [-0.05, 0) is 50.9 Å². The lowest BCUT2D eigenvalue weighted by molar-refractivity contribution is 0.0780. The molecule has 1 aromatic rings. The zero-order valence-electron chi connectivity index (χ0n) is 12.8. The van der Waals surface area contributed by atoms with E-state index in [9.17, 15) is 5.11 Å². The van der Waals surface area contributed by atoms with Gasteiger partial charge in [0.25, 0.3) is 0 Å². The quantitative estimate of drug-likeness (QED) is 0.807. The van der Waals surface area contributed by atoms with E-state index >= 15 is 0 Å². The SMILES string of the molecule is CC1CCC(c2csc(C(C)(C)O)n2)CC(C)C1C. The van der Waals surface area contributed by atoms with Gasteiger partial charge in [0.15, 0.2) is 0 Å². The molecule has 1 aromatic heterocycles. The van der Waals surface area contributed by atoms with Crippen LogP contribution < -0.4 is 0 Å². The molecule has 4 atom stereocenters. The van der Waals surface area contributed by atoms with Crippen LogP contribution in [-0.4, -0.2) is 10.1 Å². The molecule has 1 fully saturated rings. The number of aliphatic hydroxyl groups is 1. The van der Waals surface area contributed by atoms with Crippen LogP contribution in [0.4, 0.5) is 0 Å². The highest BCUT2D eigenvalue weighted by Gasteiger charge is 2.30. The highest BCUT2D eigenvalue weighted by atomic mass is 32.1. The Morgan fingerprint density at radius 3 is 2.47 bits per heavy atom. The average molecular weight is 281 g/mol. The normalized spacial score (nSPS) is 33.2. The van der Waals surface area contributed by atoms with Crippen LogP contribution in [0.15, 0.2) is 5.38 Å². The van der Waals surface area contributed by atoms with Gasteiger partial charge in [0.05, 0.1) is 5.69 Å². The van der Waals surface area contributed by atoms with Crippen LogP contribution in [0.25, 0.3) is 0 Å². The summed E-state index contributed by atoms with van der Waals surface area (Å²) in [4.78, 5) is 4.70. The third-order valence-electron chi connectivity index (χ3n) is 4.89. The summed E-state index contributed by atoms with van der Waals surface area (Å²) in [5.74, 6) is 2.95. The summed E-state index contributed by atoms with van der Waals surface area (Å²) >= 11 is 1.60. The summed E-state index contributed by atoms with van der Waals surface area (Å²) in [7, 11) is 0. The summed E-state index contributed by atoms with van der Waals surface area (Å²) in [5, 5.41) is 13.0. The first kappa shape index (κ1) is 15.0. The van der Waals surface area contributed by atoms with Crippen molar-refractivity contribution in [3.05, 3.63) is 16.1 Å². The average Bonchev–Trinajstić information content (AvgIpc) is 2.77. The second kappa shape index (κ2) is 5.53. The maximum atomic E-state index is 10.0. The molecule has 0 amide bonds. The second-order valence-electron chi connectivity index (χ2n) is 6.96. The molecule has 108 valence electrons. The lowest BCUT2D eigenvalue weighted by Gasteiger charge is -2.22. The van der Waals surface area contributed by atoms with E-state index in [0.717, 1.165) is 22.8 Å². The van der Waals surface area contributed by atoms with Crippen molar-refractivity contribution in [2.24, 2.45) is 17.8 Å². The van der Waals surface area contributed by atoms with Crippen LogP contribution in [0.1, 0.15) is 70.5 Å². The van der Waals surface area contributed by atoms with E-state index in [1.54, 1.807) is 11.3 Å². The molecule has 1 heterocycles. The Hall–Kier alpha value is -0.410. The van der Waals surface area contributed by atoms with E-state index in [1.165, 1.54) is 25.0 Å². The predicted molar refractivity (Wildman–Crippen MR) is 81.4 cm³/mol. The molecule has 0 bridgehead atoms. The molecular formula is C16H27NOS. The number of thiazole rings is 1. The second-order valence-corrected chi connectivity index (χ2v) is 7.82. The van der Waals surface area contributed by atoms with E-state index in [4.69, 9.17) is 4.98 Å². The van der Waals surface area contributed by atoms with Crippen molar-refractivity contribution in [3.63, 3.8) is 0 Å². The van der Waals surface area contributed by atoms with Crippen LogP contribution in [0.2, 0.25) is 0 Å². The molecule has 3 heteroatoms. The van der Waals surface area contributed by atoms with E-state index in [1.807, 2.05) is 13.8 Å². The van der Waals surface area contributed by atoms with Crippen molar-refractivity contribution in [2.45, 2.75) is 65.4 Å². The molecule has 2 rings (SSSR count). The molecule has 0 aromatic carbocycles. The predicted octanol–water partition coefficient (Wildman–Crippen LogP) is 4.55. The summed E-state index contributed by atoms with van der Waals surface area (Å²) in [6, 6.07) is 0. The monoisotopic (exact) mass is 281 g/mol. The minimum Gasteiger partial charge on any atom is -0.383 e. The molecule has 1 saturated carbocycles. The Morgan fingerprint density at radius 1 is 1.21 bits per heavy atom. The number of aromatic nitrogens is 1. The molecule has 1 aliphatic carbocycles. The van der Waals surface area contributed by atoms with E-state index in [0.29, 0.717) is 5.92 Å². The lowest BCUT2D eigenvalue weighted by atomic mass is 9.83. The van der Waals surface area contributed by atoms with Crippen molar-refractivity contribution in [3.8, 4) is 0 Å². The zero-order valence-corrected chi connectivity index (χ0v) is 13.6. The number of nitrogens with zero attached hydrogens (tertiary/aromatic N) is 1. The van der Waals surface area contributed by atoms with Crippen molar-refractivity contribution in [1.82, 2.24) is 4.98 Å². The fraction of sp³-hybridized carbons (Fsp3) is 0.812. The van der Waals surface area contributed by atoms with Gasteiger partial charge < -0.3 is 5.11 Å². The van der Waals surface area contributed by atoms with Gasteiger partial charge in [-0.3, -0.25) is 0 Å². The number of rotatable bonds is 2. The summed E-state index contributed by atoms with van der Waals surface area (Å²) in [6.07, 6.45) is 3.77. The van der Waals surface area contributed by atoms with Crippen molar-refractivity contribution in [1.29, 1.82) is 0 Å². The molecule has 0 aliphatic heterocycles. The van der Waals surface area contributed by atoms with Gasteiger partial charge in [0, 0.05) is 11.3 Å². The molecule has 19 heavy (non-hydrogen) atoms. The third kappa shape index (κ3) is 3.38. The summed E-state index contributed by atoms with van der Waals surface area (Å²) < 4.78 is 0. The standard InChI is InChI=1S/C16H27NOS/c1-10-6-7-13(8-11(2)12(10)3)14-9-19-15(17-14)16(4,5)18/h9-13,18H,6-8H2,1-5H3. The molecule has 0 saturated heterocycles. The third-order valence-corrected chi connectivity index (χ3v) is 6.06. The molecule has 0 radical (unpaired) electrons. The Bertz CT molecular complexity index is 421. The van der Waals surface area contributed by atoms with Gasteiger partial charge in [0.1, 0.15) is 10.6 Å². The summed E-state index contributed by atoms with van der Waals surface area (Å²) in [6.45, 7) is 10.8. The minimum atomic E-state index is -0.806. The fourth-order valence-electron chi connectivity index (χ4n) is 3.09. The molecule has 4 unspecified atom stereocenters. The minimum absolute atomic E-state index is 0.578. The first-order chi connectivity index (χ1) is 8.79. The van der Waals surface area contributed by atoms with Crippen LogP contribution in [-0.2, 0) is 5.60 Å². The van der Waals surface area contributed by atoms with Crippen molar-refractivity contribution in [2.75, 3.05) is 0 Å². The lowest BCUT2D eigenvalue weighted by Crippen LogP contribution is -2.16. The zero-order chi connectivity index (χ0) is 14.2. The molecule has 0 spiro atoms. The topological polar surface area (TPSA) is 33.1 Å². The van der Waals surface area contributed by atoms with E-state index < -0.39 is 5.60 Å². The van der Waals surface area contributed by atoms with E-state index in [-0.39, 0.29) is 0 Å². The van der Waals surface area contributed by atoms with Crippen molar-refractivity contribution < 1.29 is 5.11 Å². The van der Waals surface area contributed by atoms with Crippen LogP contribution in [0.3, 0.4) is 0 Å². The first-order valence-electron chi connectivity index (χ1n) is 7.47. The summed E-state index contributed by atoms with van der Waals surface area (Å²) in [5.41, 5.74) is 0.398. The van der Waals surface area contributed by atoms with E-state index in [2.05, 4.69) is 26.2 Å². The first-order valence-corrected chi connectivity index (χ1v) is 8.35. The Kier molecular flexibility index (Phi) is 4.36. The van der Waals surface area contributed by atoms with Crippen LogP contribution in [0, 0.1) is 17.8 Å². The molecular weight excluding hydrogens is 254 g/mol. The van der Waals surface area contributed by atoms with Crippen LogP contribution >= 0.6 is 11.3 Å². The van der Waals surface area contributed by atoms with Crippen LogP contribution in [0.5, 0.6) is 0 Å². The Morgan fingerprint density at radius 2 is 1.89 bits per heavy atom. The van der Waals surface area contributed by atoms with Crippen molar-refractivity contribution >= 4 is 11.3 Å². The van der Waals surface area contributed by atoms with Gasteiger partial charge in [-0.25, -0.2) is 4.98 Å². The maximum absolute atomic E-state index is 10.0. The van der Waals surface area contributed by atoms with Gasteiger partial charge in [-0.2, -0.15) is 0 Å². The maximum Gasteiger partial charge on any atom is 0.124 e. The Balaban J connectivity index is 2.15. The van der Waals surface area contributed by atoms with Gasteiger partial charge in [-0.15, -0.1) is 11.3 Å². The van der Waals surface area contributed by atoms with Gasteiger partial charge >= 0.3 is 0 Å². The highest BCUT2D eigenvalue weighted by Crippen LogP contribution is 2.40. The smallest absolute Gasteiger partial charge is 0.124 e. The number of hydrogen-bond donors (Lipinski definition) is 1. The molecule has 2 nitrogen and oxygen atoms in total. The fourth-order valence-corrected chi connectivity index (χ4v) is 4.02. The molecule has 1 N–H and O–H groups in total. The molecule has 1 aliphatic rings. The highest BCUT2D eigenvalue weighted by molar-refractivity contribution is 7.09. The van der Waals surface area contributed by atoms with Gasteiger partial charge in [0.2, 0.25) is 0 Å². The largest absolute Gasteiger partial charge is 0.383 e. The Labute approximate surface area is 121 Å². The number of hydrogen-bond acceptors (Lipinski definition) is 3.